The van der Waals surface area contributed by atoms with Crippen LogP contribution >= 0.6 is 0 Å². The Morgan fingerprint density at radius 2 is 0.982 bits per heavy atom. The smallest absolute Gasteiger partial charge is 0.362 e. The largest absolute Gasteiger partial charge is 0.477 e. The number of likely N-dealkylation sites (N-methyl/N-ethyl adjacent to an activating group) is 1. The maximum absolute atomic E-state index is 12.7. The zero-order valence-electron chi connectivity index (χ0n) is 35.9. The van der Waals surface area contributed by atoms with E-state index in [0.717, 1.165) is 57.8 Å². The molecule has 0 aromatic rings. The van der Waals surface area contributed by atoms with Gasteiger partial charge >= 0.3 is 17.9 Å². The molecule has 0 aliphatic rings. The first-order valence-electron chi connectivity index (χ1n) is 21.8. The molecule has 0 fully saturated rings. The maximum atomic E-state index is 12.7. The topological polar surface area (TPSA) is 99.1 Å². The molecule has 0 spiro atoms. The number of unbranched alkanes of at least 4 members (excludes halogenated alkanes) is 14. The lowest BCUT2D eigenvalue weighted by Crippen LogP contribution is -2.50. The van der Waals surface area contributed by atoms with E-state index in [-0.39, 0.29) is 42.7 Å². The van der Waals surface area contributed by atoms with Crippen LogP contribution in [0, 0.1) is 0 Å². The SMILES string of the molecule is CCCCC/C=C/C/C=C/C/C=C/C/C=C/CCCC(=O)OC(COCCC(C(=O)O)[N+](C)(C)C)COC(=O)CCCCC/C=C/CCCCCCCCC. The summed E-state index contributed by atoms with van der Waals surface area (Å²) in [5.74, 6) is -1.57. The fourth-order valence-electron chi connectivity index (χ4n) is 5.96. The van der Waals surface area contributed by atoms with Crippen molar-refractivity contribution in [2.75, 3.05) is 41.0 Å². The Kier molecular flexibility index (Phi) is 35.9. The summed E-state index contributed by atoms with van der Waals surface area (Å²) in [7, 11) is 5.50. The van der Waals surface area contributed by atoms with Crippen LogP contribution in [0.2, 0.25) is 0 Å². The number of allylic oxidation sites excluding steroid dienone is 10. The van der Waals surface area contributed by atoms with Crippen LogP contribution in [-0.2, 0) is 28.6 Å². The molecule has 55 heavy (non-hydrogen) atoms. The Bertz CT molecular complexity index is 1090. The van der Waals surface area contributed by atoms with E-state index in [2.05, 4.69) is 74.6 Å². The molecule has 0 aliphatic heterocycles. The van der Waals surface area contributed by atoms with E-state index in [9.17, 15) is 19.5 Å². The Balaban J connectivity index is 4.49. The highest BCUT2D eigenvalue weighted by molar-refractivity contribution is 5.72. The lowest BCUT2D eigenvalue weighted by molar-refractivity contribution is -0.887. The zero-order chi connectivity index (χ0) is 40.7. The molecule has 0 heterocycles. The van der Waals surface area contributed by atoms with E-state index >= 15 is 0 Å². The number of hydrogen-bond donors (Lipinski definition) is 1. The maximum Gasteiger partial charge on any atom is 0.362 e. The molecule has 316 valence electrons. The molecule has 2 atom stereocenters. The molecule has 0 bridgehead atoms. The fraction of sp³-hybridized carbons (Fsp3) is 0.723. The minimum Gasteiger partial charge on any atom is -0.477 e. The number of hydrogen-bond acceptors (Lipinski definition) is 6. The third kappa shape index (κ3) is 36.4. The second kappa shape index (κ2) is 37.9. The molecule has 0 saturated heterocycles. The molecule has 0 saturated carbocycles. The highest BCUT2D eigenvalue weighted by atomic mass is 16.6. The number of rotatable bonds is 38. The van der Waals surface area contributed by atoms with E-state index in [4.69, 9.17) is 14.2 Å². The molecule has 0 aliphatic carbocycles. The lowest BCUT2D eigenvalue weighted by Gasteiger charge is -2.31. The van der Waals surface area contributed by atoms with Gasteiger partial charge in [-0.3, -0.25) is 9.59 Å². The van der Waals surface area contributed by atoms with Crippen LogP contribution in [0.3, 0.4) is 0 Å². The van der Waals surface area contributed by atoms with Crippen LogP contribution in [0.5, 0.6) is 0 Å². The van der Waals surface area contributed by atoms with Gasteiger partial charge in [-0.2, -0.15) is 0 Å². The normalized spacial score (nSPS) is 13.5. The first-order valence-corrected chi connectivity index (χ1v) is 21.8. The van der Waals surface area contributed by atoms with Gasteiger partial charge in [-0.15, -0.1) is 0 Å². The summed E-state index contributed by atoms with van der Waals surface area (Å²) in [6.07, 6.45) is 45.5. The Labute approximate surface area is 337 Å². The van der Waals surface area contributed by atoms with Gasteiger partial charge in [0.15, 0.2) is 12.1 Å². The average Bonchev–Trinajstić information content (AvgIpc) is 3.14. The van der Waals surface area contributed by atoms with E-state index in [0.29, 0.717) is 19.3 Å². The first-order chi connectivity index (χ1) is 26.6. The lowest BCUT2D eigenvalue weighted by atomic mass is 10.1. The van der Waals surface area contributed by atoms with Crippen molar-refractivity contribution in [1.29, 1.82) is 0 Å². The Morgan fingerprint density at radius 1 is 0.545 bits per heavy atom. The number of carboxylic acids is 1. The number of nitrogens with zero attached hydrogens (tertiary/aromatic N) is 1. The van der Waals surface area contributed by atoms with Crippen molar-refractivity contribution in [3.8, 4) is 0 Å². The highest BCUT2D eigenvalue weighted by Crippen LogP contribution is 2.12. The van der Waals surface area contributed by atoms with Crippen molar-refractivity contribution in [2.24, 2.45) is 0 Å². The van der Waals surface area contributed by atoms with Gasteiger partial charge in [0.25, 0.3) is 0 Å². The number of carboxylic acid groups (broad SMARTS) is 1. The number of esters is 2. The van der Waals surface area contributed by atoms with Gasteiger partial charge in [-0.05, 0) is 77.0 Å². The van der Waals surface area contributed by atoms with Crippen LogP contribution in [0.15, 0.2) is 60.8 Å². The number of ether oxygens (including phenoxy) is 3. The monoisotopic (exact) mass is 773 g/mol. The molecule has 1 N–H and O–H groups in total. The van der Waals surface area contributed by atoms with Crippen LogP contribution < -0.4 is 0 Å². The standard InChI is InChI=1S/C47H81NO7/c1-6-8-10-12-14-16-18-20-22-23-24-26-28-30-32-34-36-38-46(50)55-43(41-53-40-39-44(47(51)52)48(3,4)5)42-54-45(49)37-35-33-31-29-27-25-21-19-17-15-13-11-9-7-2/h14,16,20,22,24-27,30,32,43-44H,6-13,15,17-19,21,23,28-29,31,33-42H2,1-5H3/p+1/b16-14+,22-20+,26-24+,27-25+,32-30+. The predicted octanol–water partition coefficient (Wildman–Crippen LogP) is 11.8. The molecular formula is C47H82NO7+. The minimum absolute atomic E-state index is 0.0326. The van der Waals surface area contributed by atoms with Crippen molar-refractivity contribution < 1.29 is 38.2 Å². The minimum atomic E-state index is -0.887. The van der Waals surface area contributed by atoms with Gasteiger partial charge in [-0.25, -0.2) is 4.79 Å². The van der Waals surface area contributed by atoms with Gasteiger partial charge in [0.1, 0.15) is 6.61 Å². The molecule has 8 nitrogen and oxygen atoms in total. The average molecular weight is 773 g/mol. The molecule has 0 amide bonds. The number of carbonyl (C=O) groups is 3. The van der Waals surface area contributed by atoms with Crippen LogP contribution in [0.4, 0.5) is 0 Å². The highest BCUT2D eigenvalue weighted by Gasteiger charge is 2.31. The second-order valence-electron chi connectivity index (χ2n) is 15.6. The summed E-state index contributed by atoms with van der Waals surface area (Å²) in [6.45, 7) is 4.62. The van der Waals surface area contributed by atoms with Gasteiger partial charge < -0.3 is 23.8 Å². The summed E-state index contributed by atoms with van der Waals surface area (Å²) < 4.78 is 17.2. The van der Waals surface area contributed by atoms with Crippen LogP contribution in [-0.4, -0.2) is 80.6 Å². The number of carbonyl (C=O) groups excluding carboxylic acids is 2. The zero-order valence-corrected chi connectivity index (χ0v) is 35.9. The quantitative estimate of drug-likeness (QED) is 0.0289. The Morgan fingerprint density at radius 3 is 1.53 bits per heavy atom. The summed E-state index contributed by atoms with van der Waals surface area (Å²) in [4.78, 5) is 36.9. The van der Waals surface area contributed by atoms with E-state index < -0.39 is 18.1 Å². The molecule has 0 aromatic carbocycles. The predicted molar refractivity (Wildman–Crippen MR) is 229 cm³/mol. The molecular weight excluding hydrogens is 691 g/mol. The summed E-state index contributed by atoms with van der Waals surface area (Å²) in [5, 5.41) is 9.61. The Hall–Kier alpha value is -2.97. The molecule has 0 rings (SSSR count). The summed E-state index contributed by atoms with van der Waals surface area (Å²) in [6, 6.07) is -0.628. The van der Waals surface area contributed by atoms with Gasteiger partial charge in [0.2, 0.25) is 0 Å². The van der Waals surface area contributed by atoms with Gasteiger partial charge in [-0.1, -0.05) is 132 Å². The van der Waals surface area contributed by atoms with Gasteiger partial charge in [0.05, 0.1) is 34.4 Å². The van der Waals surface area contributed by atoms with Gasteiger partial charge in [0, 0.05) is 19.3 Å². The number of quaternary nitrogens is 1. The third-order valence-corrected chi connectivity index (χ3v) is 9.39. The fourth-order valence-corrected chi connectivity index (χ4v) is 5.96. The van der Waals surface area contributed by atoms with Crippen molar-refractivity contribution in [2.45, 2.75) is 180 Å². The van der Waals surface area contributed by atoms with E-state index in [1.54, 1.807) is 0 Å². The molecule has 2 unspecified atom stereocenters. The van der Waals surface area contributed by atoms with Crippen molar-refractivity contribution in [3.05, 3.63) is 60.8 Å². The number of aliphatic carboxylic acids is 1. The molecule has 0 aromatic heterocycles. The van der Waals surface area contributed by atoms with Crippen LogP contribution in [0.25, 0.3) is 0 Å². The third-order valence-electron chi connectivity index (χ3n) is 9.39. The van der Waals surface area contributed by atoms with E-state index in [1.807, 2.05) is 21.1 Å². The second-order valence-corrected chi connectivity index (χ2v) is 15.6. The summed E-state index contributed by atoms with van der Waals surface area (Å²) >= 11 is 0. The van der Waals surface area contributed by atoms with Crippen molar-refractivity contribution in [3.63, 3.8) is 0 Å². The molecule has 0 radical (unpaired) electrons. The van der Waals surface area contributed by atoms with E-state index in [1.165, 1.54) is 70.6 Å². The first kappa shape index (κ1) is 52.0. The van der Waals surface area contributed by atoms with Crippen molar-refractivity contribution >= 4 is 17.9 Å². The van der Waals surface area contributed by atoms with Crippen molar-refractivity contribution in [1.82, 2.24) is 0 Å². The molecule has 8 heteroatoms. The summed E-state index contributed by atoms with van der Waals surface area (Å²) in [5.41, 5.74) is 0. The van der Waals surface area contributed by atoms with Crippen LogP contribution in [0.1, 0.15) is 168 Å².